The van der Waals surface area contributed by atoms with E-state index in [9.17, 15) is 4.39 Å². The fourth-order valence-corrected chi connectivity index (χ4v) is 3.78. The second-order valence-corrected chi connectivity index (χ2v) is 7.75. The summed E-state index contributed by atoms with van der Waals surface area (Å²) in [5.74, 6) is 1.92. The van der Waals surface area contributed by atoms with E-state index < -0.39 is 0 Å². The van der Waals surface area contributed by atoms with Crippen LogP contribution in [0.15, 0.2) is 27.5 Å². The van der Waals surface area contributed by atoms with E-state index in [1.807, 2.05) is 13.8 Å². The highest BCUT2D eigenvalue weighted by Crippen LogP contribution is 2.30. The molecule has 1 saturated heterocycles. The molecule has 7 nitrogen and oxygen atoms in total. The first-order valence-corrected chi connectivity index (χ1v) is 9.75. The molecule has 1 fully saturated rings. The third kappa shape index (κ3) is 3.60. The average molecular weight is 435 g/mol. The monoisotopic (exact) mass is 434 g/mol. The van der Waals surface area contributed by atoms with Crippen LogP contribution >= 0.6 is 15.9 Å². The molecule has 0 amide bonds. The minimum absolute atomic E-state index is 0.204. The summed E-state index contributed by atoms with van der Waals surface area (Å²) in [5, 5.41) is 4.82. The lowest BCUT2D eigenvalue weighted by Crippen LogP contribution is -2.31. The molecule has 3 heterocycles. The molecule has 0 spiro atoms. The molecule has 1 aliphatic heterocycles. The fraction of sp³-hybridized carbons (Fsp3) is 0.444. The Bertz CT molecular complexity index is 962. The van der Waals surface area contributed by atoms with Crippen LogP contribution < -0.4 is 9.80 Å². The lowest BCUT2D eigenvalue weighted by atomic mass is 10.2. The van der Waals surface area contributed by atoms with Crippen molar-refractivity contribution >= 4 is 38.6 Å². The topological polar surface area (TPSA) is 71.2 Å². The third-order valence-electron chi connectivity index (χ3n) is 4.64. The summed E-state index contributed by atoms with van der Waals surface area (Å²) >= 11 is 3.39. The van der Waals surface area contributed by atoms with Crippen molar-refractivity contribution < 1.29 is 8.91 Å². The number of halogens is 2. The summed E-state index contributed by atoms with van der Waals surface area (Å²) in [6.07, 6.45) is 2.44. The number of hydrogen-bond donors (Lipinski definition) is 0. The molecule has 142 valence electrons. The van der Waals surface area contributed by atoms with Gasteiger partial charge in [-0.05, 0) is 39.6 Å². The number of benzene rings is 1. The quantitative estimate of drug-likeness (QED) is 0.621. The van der Waals surface area contributed by atoms with Crippen molar-refractivity contribution in [2.45, 2.75) is 26.2 Å². The molecular formula is C18H20BrFN6O. The van der Waals surface area contributed by atoms with Gasteiger partial charge in [0.15, 0.2) is 0 Å². The van der Waals surface area contributed by atoms with Gasteiger partial charge in [-0.2, -0.15) is 4.98 Å². The molecule has 1 aliphatic rings. The second kappa shape index (κ2) is 7.38. The lowest BCUT2D eigenvalue weighted by Gasteiger charge is -2.23. The van der Waals surface area contributed by atoms with Gasteiger partial charge in [-0.25, -0.2) is 14.4 Å². The van der Waals surface area contributed by atoms with Gasteiger partial charge in [0.1, 0.15) is 18.0 Å². The Hall–Kier alpha value is -2.29. The van der Waals surface area contributed by atoms with Crippen LogP contribution in [0.25, 0.3) is 10.9 Å². The maximum atomic E-state index is 13.9. The van der Waals surface area contributed by atoms with E-state index in [0.29, 0.717) is 27.2 Å². The molecule has 0 unspecified atom stereocenters. The number of fused-ring (bicyclic) bond motifs is 1. The smallest absolute Gasteiger partial charge is 0.266 e. The Morgan fingerprint density at radius 3 is 2.67 bits per heavy atom. The molecular weight excluding hydrogens is 415 g/mol. The Morgan fingerprint density at radius 1 is 1.11 bits per heavy atom. The van der Waals surface area contributed by atoms with E-state index in [2.05, 4.69) is 45.8 Å². The Morgan fingerprint density at radius 2 is 1.89 bits per heavy atom. The van der Waals surface area contributed by atoms with Crippen LogP contribution in [0.5, 0.6) is 0 Å². The van der Waals surface area contributed by atoms with Crippen molar-refractivity contribution in [2.75, 3.05) is 36.0 Å². The fourth-order valence-electron chi connectivity index (χ4n) is 3.25. The molecule has 9 heteroatoms. The van der Waals surface area contributed by atoms with Gasteiger partial charge in [-0.3, -0.25) is 0 Å². The summed E-state index contributed by atoms with van der Waals surface area (Å²) in [6, 6.07) is 2.91. The van der Waals surface area contributed by atoms with Gasteiger partial charge in [0.2, 0.25) is 5.89 Å². The normalized spacial score (nSPS) is 15.6. The van der Waals surface area contributed by atoms with Crippen LogP contribution in [0.1, 0.15) is 32.1 Å². The maximum absolute atomic E-state index is 13.9. The van der Waals surface area contributed by atoms with Crippen molar-refractivity contribution in [2.24, 2.45) is 0 Å². The number of rotatable bonds is 3. The van der Waals surface area contributed by atoms with Crippen LogP contribution in [-0.2, 0) is 0 Å². The van der Waals surface area contributed by atoms with Crippen LogP contribution in [0.4, 0.5) is 16.2 Å². The molecule has 0 aliphatic carbocycles. The van der Waals surface area contributed by atoms with Gasteiger partial charge in [-0.1, -0.05) is 13.8 Å². The molecule has 4 rings (SSSR count). The lowest BCUT2D eigenvalue weighted by molar-refractivity contribution is 0.364. The van der Waals surface area contributed by atoms with E-state index in [4.69, 9.17) is 4.52 Å². The summed E-state index contributed by atoms with van der Waals surface area (Å²) in [5.41, 5.74) is 0.710. The minimum Gasteiger partial charge on any atom is -0.354 e. The van der Waals surface area contributed by atoms with Gasteiger partial charge < -0.3 is 14.3 Å². The summed E-state index contributed by atoms with van der Waals surface area (Å²) in [4.78, 5) is 17.5. The third-order valence-corrected chi connectivity index (χ3v) is 5.24. The molecule has 27 heavy (non-hydrogen) atoms. The molecule has 2 aromatic heterocycles. The number of nitrogens with zero attached hydrogens (tertiary/aromatic N) is 6. The van der Waals surface area contributed by atoms with E-state index in [1.54, 1.807) is 0 Å². The average Bonchev–Trinajstić information content (AvgIpc) is 3.01. The zero-order valence-electron chi connectivity index (χ0n) is 15.2. The van der Waals surface area contributed by atoms with Crippen LogP contribution in [0.2, 0.25) is 0 Å². The Labute approximate surface area is 164 Å². The van der Waals surface area contributed by atoms with Crippen LogP contribution in [-0.4, -0.2) is 46.3 Å². The molecule has 0 radical (unpaired) electrons. The highest BCUT2D eigenvalue weighted by molar-refractivity contribution is 9.10. The molecule has 0 N–H and O–H groups in total. The van der Waals surface area contributed by atoms with E-state index >= 15 is 0 Å². The highest BCUT2D eigenvalue weighted by atomic mass is 79.9. The summed E-state index contributed by atoms with van der Waals surface area (Å²) in [6.45, 7) is 7.16. The predicted octanol–water partition coefficient (Wildman–Crippen LogP) is 3.75. The zero-order valence-corrected chi connectivity index (χ0v) is 16.8. The van der Waals surface area contributed by atoms with Gasteiger partial charge >= 0.3 is 0 Å². The minimum atomic E-state index is -0.310. The Kier molecular flexibility index (Phi) is 4.94. The zero-order chi connectivity index (χ0) is 19.0. The molecule has 0 bridgehead atoms. The maximum Gasteiger partial charge on any atom is 0.266 e. The number of aromatic nitrogens is 4. The summed E-state index contributed by atoms with van der Waals surface area (Å²) in [7, 11) is 0. The standard InChI is InChI=1S/C18H20BrFN6O/c1-11(2)17-23-18(24-27-17)26-5-3-4-25(6-7-26)16-13-8-12(20)9-14(19)15(13)21-10-22-16/h8-11H,3-7H2,1-2H3. The van der Waals surface area contributed by atoms with Crippen molar-refractivity contribution in [3.8, 4) is 0 Å². The number of hydrogen-bond acceptors (Lipinski definition) is 7. The Balaban J connectivity index is 1.59. The van der Waals surface area contributed by atoms with E-state index in [1.165, 1.54) is 18.5 Å². The molecule has 1 aromatic carbocycles. The van der Waals surface area contributed by atoms with E-state index in [-0.39, 0.29) is 11.7 Å². The molecule has 3 aromatic rings. The first kappa shape index (κ1) is 18.1. The highest BCUT2D eigenvalue weighted by Gasteiger charge is 2.22. The van der Waals surface area contributed by atoms with Crippen molar-refractivity contribution in [3.63, 3.8) is 0 Å². The molecule has 0 saturated carbocycles. The van der Waals surface area contributed by atoms with Crippen molar-refractivity contribution in [1.82, 2.24) is 20.1 Å². The van der Waals surface area contributed by atoms with E-state index in [0.717, 1.165) is 38.4 Å². The van der Waals surface area contributed by atoms with Crippen molar-refractivity contribution in [1.29, 1.82) is 0 Å². The second-order valence-electron chi connectivity index (χ2n) is 6.90. The number of anilines is 2. The first-order chi connectivity index (χ1) is 13.0. The van der Waals surface area contributed by atoms with Gasteiger partial charge in [0, 0.05) is 42.0 Å². The van der Waals surface area contributed by atoms with Gasteiger partial charge in [0.25, 0.3) is 5.95 Å². The summed E-state index contributed by atoms with van der Waals surface area (Å²) < 4.78 is 19.9. The first-order valence-electron chi connectivity index (χ1n) is 8.96. The van der Waals surface area contributed by atoms with Gasteiger partial charge in [-0.15, -0.1) is 0 Å². The molecule has 0 atom stereocenters. The van der Waals surface area contributed by atoms with Crippen molar-refractivity contribution in [3.05, 3.63) is 34.6 Å². The van der Waals surface area contributed by atoms with Crippen LogP contribution in [0.3, 0.4) is 0 Å². The van der Waals surface area contributed by atoms with Crippen LogP contribution in [0, 0.1) is 5.82 Å². The SMILES string of the molecule is CC(C)c1nc(N2CCCN(c3ncnc4c(Br)cc(F)cc34)CC2)no1. The predicted molar refractivity (Wildman–Crippen MR) is 105 cm³/mol. The largest absolute Gasteiger partial charge is 0.354 e. The van der Waals surface area contributed by atoms with Gasteiger partial charge in [0.05, 0.1) is 5.52 Å².